The third-order valence-electron chi connectivity index (χ3n) is 6.45. The second kappa shape index (κ2) is 9.42. The van der Waals surface area contributed by atoms with E-state index in [9.17, 15) is 18.0 Å². The maximum Gasteiger partial charge on any atom is 0.243 e. The van der Waals surface area contributed by atoms with Gasteiger partial charge in [-0.2, -0.15) is 4.31 Å². The topological polar surface area (TPSA) is 86.8 Å². The molecule has 2 fully saturated rings. The summed E-state index contributed by atoms with van der Waals surface area (Å²) in [5.74, 6) is -0.230. The van der Waals surface area contributed by atoms with E-state index in [1.54, 1.807) is 35.2 Å². The van der Waals surface area contributed by atoms with Gasteiger partial charge in [0.2, 0.25) is 21.8 Å². The lowest BCUT2D eigenvalue weighted by Crippen LogP contribution is -2.52. The molecule has 1 N–H and O–H groups in total. The molecule has 2 aromatic rings. The van der Waals surface area contributed by atoms with E-state index in [0.717, 1.165) is 24.8 Å². The van der Waals surface area contributed by atoms with Gasteiger partial charge in [-0.15, -0.1) is 0 Å². The Labute approximate surface area is 189 Å². The first-order valence-electron chi connectivity index (χ1n) is 11.1. The van der Waals surface area contributed by atoms with Crippen LogP contribution in [0.1, 0.15) is 37.7 Å². The monoisotopic (exact) mass is 455 g/mol. The number of piperazine rings is 1. The van der Waals surface area contributed by atoms with E-state index in [1.165, 1.54) is 4.31 Å². The van der Waals surface area contributed by atoms with Crippen molar-refractivity contribution in [1.82, 2.24) is 14.5 Å². The summed E-state index contributed by atoms with van der Waals surface area (Å²) in [6, 6.07) is 18.3. The zero-order chi connectivity index (χ0) is 22.6. The minimum absolute atomic E-state index is 0.112. The average molecular weight is 456 g/mol. The SMILES string of the molecule is O=C(CCC(=O)N1CCN(S(=O)(=O)c2ccccc2)CC1)NC1(c2ccccc2)CCC1. The van der Waals surface area contributed by atoms with Crippen molar-refractivity contribution in [2.75, 3.05) is 26.2 Å². The Balaban J connectivity index is 1.26. The van der Waals surface area contributed by atoms with E-state index in [2.05, 4.69) is 5.32 Å². The zero-order valence-corrected chi connectivity index (χ0v) is 18.9. The number of nitrogens with zero attached hydrogens (tertiary/aromatic N) is 2. The van der Waals surface area contributed by atoms with Crippen molar-refractivity contribution in [2.45, 2.75) is 42.5 Å². The molecule has 1 heterocycles. The normalized spacial score (nSPS) is 18.6. The lowest BCUT2D eigenvalue weighted by molar-refractivity contribution is -0.135. The van der Waals surface area contributed by atoms with Crippen LogP contribution in [0.2, 0.25) is 0 Å². The molecule has 1 aliphatic carbocycles. The largest absolute Gasteiger partial charge is 0.347 e. The molecule has 0 unspecified atom stereocenters. The van der Waals surface area contributed by atoms with Crippen LogP contribution >= 0.6 is 0 Å². The Morgan fingerprint density at radius 1 is 0.844 bits per heavy atom. The number of benzene rings is 2. The number of amides is 2. The maximum atomic E-state index is 12.7. The van der Waals surface area contributed by atoms with Gasteiger partial charge in [-0.05, 0) is 37.0 Å². The molecule has 1 saturated carbocycles. The summed E-state index contributed by atoms with van der Waals surface area (Å²) in [5.41, 5.74) is 0.806. The Morgan fingerprint density at radius 3 is 2.00 bits per heavy atom. The third kappa shape index (κ3) is 4.71. The fourth-order valence-corrected chi connectivity index (χ4v) is 5.84. The summed E-state index contributed by atoms with van der Waals surface area (Å²) in [4.78, 5) is 27.1. The number of carbonyl (C=O) groups excluding carboxylic acids is 2. The number of sulfonamides is 1. The molecule has 7 nitrogen and oxygen atoms in total. The molecule has 1 saturated heterocycles. The fraction of sp³-hybridized carbons (Fsp3) is 0.417. The summed E-state index contributed by atoms with van der Waals surface area (Å²) >= 11 is 0. The minimum Gasteiger partial charge on any atom is -0.347 e. The molecule has 2 aliphatic rings. The van der Waals surface area contributed by atoms with Gasteiger partial charge in [0.1, 0.15) is 0 Å². The van der Waals surface area contributed by atoms with Crippen LogP contribution in [0.5, 0.6) is 0 Å². The summed E-state index contributed by atoms with van der Waals surface area (Å²) in [7, 11) is -3.55. The lowest BCUT2D eigenvalue weighted by Gasteiger charge is -2.43. The highest BCUT2D eigenvalue weighted by Gasteiger charge is 2.39. The molecule has 2 aromatic carbocycles. The lowest BCUT2D eigenvalue weighted by atomic mass is 9.71. The first-order valence-corrected chi connectivity index (χ1v) is 12.5. The van der Waals surface area contributed by atoms with Gasteiger partial charge in [0.05, 0.1) is 10.4 Å². The van der Waals surface area contributed by atoms with Gasteiger partial charge in [-0.1, -0.05) is 48.5 Å². The first-order chi connectivity index (χ1) is 15.4. The van der Waals surface area contributed by atoms with Crippen LogP contribution in [0.3, 0.4) is 0 Å². The first kappa shape index (κ1) is 22.5. The van der Waals surface area contributed by atoms with E-state index < -0.39 is 10.0 Å². The van der Waals surface area contributed by atoms with Gasteiger partial charge in [0, 0.05) is 39.0 Å². The molecular formula is C24H29N3O4S. The number of nitrogens with one attached hydrogen (secondary N) is 1. The maximum absolute atomic E-state index is 12.7. The Morgan fingerprint density at radius 2 is 1.44 bits per heavy atom. The standard InChI is InChI=1S/C24H29N3O4S/c28-22(25-24(14-7-15-24)20-8-3-1-4-9-20)12-13-23(29)26-16-18-27(19-17-26)32(30,31)21-10-5-2-6-11-21/h1-6,8-11H,7,12-19H2,(H,25,28). The van der Waals surface area contributed by atoms with Crippen molar-refractivity contribution in [3.05, 3.63) is 66.2 Å². The predicted octanol–water partition coefficient (Wildman–Crippen LogP) is 2.50. The van der Waals surface area contributed by atoms with Gasteiger partial charge < -0.3 is 10.2 Å². The Hall–Kier alpha value is -2.71. The fourth-order valence-electron chi connectivity index (χ4n) is 4.40. The quantitative estimate of drug-likeness (QED) is 0.695. The molecule has 1 aliphatic heterocycles. The van der Waals surface area contributed by atoms with Crippen LogP contribution in [0, 0.1) is 0 Å². The smallest absolute Gasteiger partial charge is 0.243 e. The molecule has 0 aromatic heterocycles. The van der Waals surface area contributed by atoms with Gasteiger partial charge >= 0.3 is 0 Å². The number of hydrogen-bond acceptors (Lipinski definition) is 4. The number of rotatable bonds is 7. The van der Waals surface area contributed by atoms with Crippen LogP contribution in [0.25, 0.3) is 0 Å². The van der Waals surface area contributed by atoms with E-state index in [-0.39, 0.29) is 48.2 Å². The van der Waals surface area contributed by atoms with Crippen molar-refractivity contribution in [3.8, 4) is 0 Å². The van der Waals surface area contributed by atoms with E-state index in [1.807, 2.05) is 30.3 Å². The van der Waals surface area contributed by atoms with Gasteiger partial charge in [-0.25, -0.2) is 8.42 Å². The molecule has 2 amide bonds. The van der Waals surface area contributed by atoms with Gasteiger partial charge in [-0.3, -0.25) is 9.59 Å². The second-order valence-electron chi connectivity index (χ2n) is 8.45. The number of carbonyl (C=O) groups is 2. The molecule has 0 radical (unpaired) electrons. The van der Waals surface area contributed by atoms with Crippen LogP contribution in [-0.4, -0.2) is 55.6 Å². The molecule has 0 atom stereocenters. The van der Waals surface area contributed by atoms with Crippen molar-refractivity contribution in [1.29, 1.82) is 0 Å². The number of hydrogen-bond donors (Lipinski definition) is 1. The van der Waals surface area contributed by atoms with E-state index in [0.29, 0.717) is 13.1 Å². The van der Waals surface area contributed by atoms with E-state index in [4.69, 9.17) is 0 Å². The highest BCUT2D eigenvalue weighted by atomic mass is 32.2. The molecule has 8 heteroatoms. The van der Waals surface area contributed by atoms with Gasteiger partial charge in [0.15, 0.2) is 0 Å². The average Bonchev–Trinajstić information content (AvgIpc) is 2.81. The van der Waals surface area contributed by atoms with Crippen molar-refractivity contribution < 1.29 is 18.0 Å². The highest BCUT2D eigenvalue weighted by Crippen LogP contribution is 2.41. The Bertz CT molecular complexity index is 1050. The Kier molecular flexibility index (Phi) is 6.62. The van der Waals surface area contributed by atoms with Crippen molar-refractivity contribution in [2.24, 2.45) is 0 Å². The highest BCUT2D eigenvalue weighted by molar-refractivity contribution is 7.89. The minimum atomic E-state index is -3.55. The van der Waals surface area contributed by atoms with Crippen LogP contribution < -0.4 is 5.32 Å². The van der Waals surface area contributed by atoms with Crippen molar-refractivity contribution in [3.63, 3.8) is 0 Å². The zero-order valence-electron chi connectivity index (χ0n) is 18.1. The summed E-state index contributed by atoms with van der Waals surface area (Å²) in [6.45, 7) is 1.18. The summed E-state index contributed by atoms with van der Waals surface area (Å²) < 4.78 is 26.9. The molecule has 32 heavy (non-hydrogen) atoms. The molecule has 4 rings (SSSR count). The molecular weight excluding hydrogens is 426 g/mol. The molecule has 0 spiro atoms. The third-order valence-corrected chi connectivity index (χ3v) is 8.36. The van der Waals surface area contributed by atoms with E-state index >= 15 is 0 Å². The predicted molar refractivity (Wildman–Crippen MR) is 121 cm³/mol. The molecule has 0 bridgehead atoms. The van der Waals surface area contributed by atoms with Crippen molar-refractivity contribution >= 4 is 21.8 Å². The van der Waals surface area contributed by atoms with Crippen LogP contribution in [0.15, 0.2) is 65.6 Å². The van der Waals surface area contributed by atoms with Gasteiger partial charge in [0.25, 0.3) is 0 Å². The summed E-state index contributed by atoms with van der Waals surface area (Å²) in [5, 5.41) is 3.15. The molecule has 170 valence electrons. The summed E-state index contributed by atoms with van der Waals surface area (Å²) in [6.07, 6.45) is 3.16. The van der Waals surface area contributed by atoms with Crippen LogP contribution in [-0.2, 0) is 25.2 Å². The second-order valence-corrected chi connectivity index (χ2v) is 10.4. The van der Waals surface area contributed by atoms with Crippen LogP contribution in [0.4, 0.5) is 0 Å².